The molecule has 1 aliphatic rings. The minimum atomic E-state index is -3.02. The van der Waals surface area contributed by atoms with Crippen molar-refractivity contribution < 1.29 is 8.42 Å². The van der Waals surface area contributed by atoms with Crippen molar-refractivity contribution >= 4 is 10.0 Å². The lowest BCUT2D eigenvalue weighted by atomic mass is 9.91. The van der Waals surface area contributed by atoms with E-state index in [0.717, 1.165) is 19.3 Å². The average Bonchev–Trinajstić information content (AvgIpc) is 2.36. The van der Waals surface area contributed by atoms with Gasteiger partial charge >= 0.3 is 0 Å². The van der Waals surface area contributed by atoms with Crippen molar-refractivity contribution in [2.75, 3.05) is 25.9 Å². The largest absolute Gasteiger partial charge is 0.317 e. The van der Waals surface area contributed by atoms with Crippen molar-refractivity contribution in [1.29, 1.82) is 0 Å². The van der Waals surface area contributed by atoms with E-state index >= 15 is 0 Å². The third kappa shape index (κ3) is 4.52. The van der Waals surface area contributed by atoms with Crippen molar-refractivity contribution in [1.82, 2.24) is 9.62 Å². The summed E-state index contributed by atoms with van der Waals surface area (Å²) in [5.74, 6) is 1.35. The van der Waals surface area contributed by atoms with Crippen LogP contribution >= 0.6 is 0 Å². The van der Waals surface area contributed by atoms with Crippen LogP contribution in [0, 0.1) is 11.8 Å². The molecule has 18 heavy (non-hydrogen) atoms. The molecule has 0 bridgehead atoms. The Hall–Kier alpha value is -0.130. The molecule has 5 heteroatoms. The first-order valence-electron chi connectivity index (χ1n) is 7.02. The van der Waals surface area contributed by atoms with Gasteiger partial charge in [-0.2, -0.15) is 0 Å². The first kappa shape index (κ1) is 15.9. The molecule has 1 N–H and O–H groups in total. The molecule has 4 nitrogen and oxygen atoms in total. The number of nitrogens with one attached hydrogen (secondary N) is 1. The van der Waals surface area contributed by atoms with Crippen LogP contribution in [0.15, 0.2) is 0 Å². The normalized spacial score (nSPS) is 21.4. The summed E-state index contributed by atoms with van der Waals surface area (Å²) in [6.45, 7) is 7.69. The summed E-state index contributed by atoms with van der Waals surface area (Å²) >= 11 is 0. The summed E-state index contributed by atoms with van der Waals surface area (Å²) in [6.07, 6.45) is 2.71. The van der Waals surface area contributed by atoms with Crippen LogP contribution in [0.2, 0.25) is 0 Å². The highest BCUT2D eigenvalue weighted by atomic mass is 32.2. The average molecular weight is 276 g/mol. The van der Waals surface area contributed by atoms with Gasteiger partial charge in [-0.25, -0.2) is 12.7 Å². The summed E-state index contributed by atoms with van der Waals surface area (Å²) in [4.78, 5) is 0. The molecule has 0 amide bonds. The molecule has 0 radical (unpaired) electrons. The summed E-state index contributed by atoms with van der Waals surface area (Å²) < 4.78 is 26.0. The van der Waals surface area contributed by atoms with Crippen molar-refractivity contribution in [3.05, 3.63) is 0 Å². The second-order valence-electron chi connectivity index (χ2n) is 5.81. The molecule has 1 saturated heterocycles. The third-order valence-electron chi connectivity index (χ3n) is 4.01. The molecule has 0 spiro atoms. The van der Waals surface area contributed by atoms with Crippen LogP contribution in [0.3, 0.4) is 0 Å². The first-order valence-corrected chi connectivity index (χ1v) is 8.63. The molecule has 0 aromatic carbocycles. The molecule has 1 unspecified atom stereocenters. The highest BCUT2D eigenvalue weighted by Crippen LogP contribution is 2.23. The predicted molar refractivity (Wildman–Crippen MR) is 76.1 cm³/mol. The Kier molecular flexibility index (Phi) is 6.08. The number of hydrogen-bond donors (Lipinski definition) is 1. The standard InChI is InChI=1S/C13H28N2O2S/c1-11(2)7-10-18(16,17)15-8-5-13(6-9-15)12(3)14-4/h11-14H,5-10H2,1-4H3. The second kappa shape index (κ2) is 6.87. The summed E-state index contributed by atoms with van der Waals surface area (Å²) in [5.41, 5.74) is 0. The Morgan fingerprint density at radius 1 is 1.22 bits per heavy atom. The first-order chi connectivity index (χ1) is 8.36. The molecule has 0 aromatic rings. The van der Waals surface area contributed by atoms with Crippen LogP contribution in [0.25, 0.3) is 0 Å². The molecule has 108 valence electrons. The number of piperidine rings is 1. The molecule has 1 rings (SSSR count). The monoisotopic (exact) mass is 276 g/mol. The van der Waals surface area contributed by atoms with Gasteiger partial charge in [-0.15, -0.1) is 0 Å². The summed E-state index contributed by atoms with van der Waals surface area (Å²) in [5, 5.41) is 3.26. The smallest absolute Gasteiger partial charge is 0.214 e. The predicted octanol–water partition coefficient (Wildman–Crippen LogP) is 1.68. The lowest BCUT2D eigenvalue weighted by molar-refractivity contribution is 0.236. The zero-order chi connectivity index (χ0) is 13.8. The van der Waals surface area contributed by atoms with Gasteiger partial charge in [-0.1, -0.05) is 13.8 Å². The van der Waals surface area contributed by atoms with Gasteiger partial charge in [0.15, 0.2) is 0 Å². The summed E-state index contributed by atoms with van der Waals surface area (Å²) in [6, 6.07) is 0.477. The fourth-order valence-electron chi connectivity index (χ4n) is 2.40. The minimum absolute atomic E-state index is 0.302. The maximum atomic E-state index is 12.1. The minimum Gasteiger partial charge on any atom is -0.317 e. The zero-order valence-corrected chi connectivity index (χ0v) is 13.0. The van der Waals surface area contributed by atoms with Gasteiger partial charge in [-0.3, -0.25) is 0 Å². The van der Waals surface area contributed by atoms with Gasteiger partial charge < -0.3 is 5.32 Å². The fraction of sp³-hybridized carbons (Fsp3) is 1.00. The van der Waals surface area contributed by atoms with Gasteiger partial charge in [0, 0.05) is 19.1 Å². The van der Waals surface area contributed by atoms with Gasteiger partial charge in [0.2, 0.25) is 10.0 Å². The van der Waals surface area contributed by atoms with E-state index in [1.54, 1.807) is 4.31 Å². The Bertz CT molecular complexity index is 333. The molecule has 1 atom stereocenters. The number of rotatable bonds is 6. The van der Waals surface area contributed by atoms with E-state index in [-0.39, 0.29) is 0 Å². The maximum Gasteiger partial charge on any atom is 0.214 e. The molecular formula is C13H28N2O2S. The molecule has 1 fully saturated rings. The topological polar surface area (TPSA) is 49.4 Å². The maximum absolute atomic E-state index is 12.1. The Morgan fingerprint density at radius 2 is 1.78 bits per heavy atom. The third-order valence-corrected chi connectivity index (χ3v) is 5.91. The van der Waals surface area contributed by atoms with Crippen molar-refractivity contribution in [2.45, 2.75) is 46.1 Å². The quantitative estimate of drug-likeness (QED) is 0.803. The lowest BCUT2D eigenvalue weighted by Gasteiger charge is -2.34. The SMILES string of the molecule is CNC(C)C1CCN(S(=O)(=O)CCC(C)C)CC1. The van der Waals surface area contributed by atoms with Crippen LogP contribution in [0.5, 0.6) is 0 Å². The molecular weight excluding hydrogens is 248 g/mol. The van der Waals surface area contributed by atoms with E-state index in [9.17, 15) is 8.42 Å². The highest BCUT2D eigenvalue weighted by molar-refractivity contribution is 7.89. The van der Waals surface area contributed by atoms with Gasteiger partial charge in [0.1, 0.15) is 0 Å². The van der Waals surface area contributed by atoms with Gasteiger partial charge in [-0.05, 0) is 45.1 Å². The van der Waals surface area contributed by atoms with E-state index in [0.29, 0.717) is 36.7 Å². The molecule has 0 saturated carbocycles. The molecule has 1 aliphatic heterocycles. The van der Waals surface area contributed by atoms with Crippen molar-refractivity contribution in [2.24, 2.45) is 11.8 Å². The molecule has 0 aliphatic carbocycles. The Labute approximate surface area is 112 Å². The van der Waals surface area contributed by atoms with E-state index in [1.807, 2.05) is 7.05 Å². The van der Waals surface area contributed by atoms with Crippen LogP contribution < -0.4 is 5.32 Å². The van der Waals surface area contributed by atoms with Crippen molar-refractivity contribution in [3.63, 3.8) is 0 Å². The number of nitrogens with zero attached hydrogens (tertiary/aromatic N) is 1. The van der Waals surface area contributed by atoms with Crippen LogP contribution in [0.4, 0.5) is 0 Å². The Balaban J connectivity index is 2.46. The van der Waals surface area contributed by atoms with Gasteiger partial charge in [0.25, 0.3) is 0 Å². The number of sulfonamides is 1. The molecule has 0 aromatic heterocycles. The van der Waals surface area contributed by atoms with Gasteiger partial charge in [0.05, 0.1) is 5.75 Å². The fourth-order valence-corrected chi connectivity index (χ4v) is 4.20. The lowest BCUT2D eigenvalue weighted by Crippen LogP contribution is -2.44. The Morgan fingerprint density at radius 3 is 2.22 bits per heavy atom. The van der Waals surface area contributed by atoms with E-state index in [4.69, 9.17) is 0 Å². The van der Waals surface area contributed by atoms with Crippen LogP contribution in [-0.4, -0.2) is 44.7 Å². The highest BCUT2D eigenvalue weighted by Gasteiger charge is 2.29. The zero-order valence-electron chi connectivity index (χ0n) is 12.1. The van der Waals surface area contributed by atoms with Crippen LogP contribution in [-0.2, 0) is 10.0 Å². The summed E-state index contributed by atoms with van der Waals surface area (Å²) in [7, 11) is -1.05. The molecule has 1 heterocycles. The van der Waals surface area contributed by atoms with E-state index in [1.165, 1.54) is 0 Å². The van der Waals surface area contributed by atoms with E-state index in [2.05, 4.69) is 26.1 Å². The second-order valence-corrected chi connectivity index (χ2v) is 7.90. The van der Waals surface area contributed by atoms with E-state index < -0.39 is 10.0 Å². The van der Waals surface area contributed by atoms with Crippen LogP contribution in [0.1, 0.15) is 40.0 Å². The number of hydrogen-bond acceptors (Lipinski definition) is 3. The van der Waals surface area contributed by atoms with Crippen molar-refractivity contribution in [3.8, 4) is 0 Å².